The highest BCUT2D eigenvalue weighted by molar-refractivity contribution is 6.16. The first kappa shape index (κ1) is 28.2. The van der Waals surface area contributed by atoms with E-state index in [0.29, 0.717) is 42.4 Å². The fraction of sp³-hybridized carbons (Fsp3) is 0.219. The summed E-state index contributed by atoms with van der Waals surface area (Å²) in [6.07, 6.45) is 4.57. The van der Waals surface area contributed by atoms with Crippen LogP contribution in [-0.4, -0.2) is 35.9 Å². The van der Waals surface area contributed by atoms with Crippen LogP contribution in [0.1, 0.15) is 36.1 Å². The van der Waals surface area contributed by atoms with Gasteiger partial charge in [0.1, 0.15) is 18.8 Å². The number of aryl methyl sites for hydroxylation is 1. The van der Waals surface area contributed by atoms with Crippen LogP contribution in [-0.2, 0) is 29.0 Å². The topological polar surface area (TPSA) is 97.0 Å². The Hall–Kier alpha value is -4.85. The molecule has 0 bridgehead atoms. The van der Waals surface area contributed by atoms with E-state index in [1.54, 1.807) is 24.3 Å². The molecule has 1 fully saturated rings. The maximum Gasteiger partial charge on any atom is 0.329 e. The minimum Gasteiger partial charge on any atom is -0.490 e. The molecule has 0 unspecified atom stereocenters. The second-order valence-electron chi connectivity index (χ2n) is 9.15. The molecule has 2 N–H and O–H groups in total. The normalized spacial score (nSPS) is 13.8. The van der Waals surface area contributed by atoms with E-state index in [1.807, 2.05) is 68.4 Å². The van der Waals surface area contributed by atoms with Crippen LogP contribution >= 0.6 is 0 Å². The summed E-state index contributed by atoms with van der Waals surface area (Å²) in [6.45, 7) is 8.09. The lowest BCUT2D eigenvalue weighted by molar-refractivity contribution is -0.127. The standard InChI is InChI=1S/C32H33N3O5/c1-4-12-25-17-23(19-28(39-6-3)30(25)40-21-22-13-8-7-9-14-22)18-27-31(37)35(32(38)34-27)20-29(36)33-26-16-11-10-15-24(26)5-2/h4,7-11,13-19H,1,5-6,12,20-21H2,2-3H3,(H,33,36)(H,34,38)/b27-18+. The van der Waals surface area contributed by atoms with E-state index in [2.05, 4.69) is 17.2 Å². The van der Waals surface area contributed by atoms with Crippen molar-refractivity contribution in [3.8, 4) is 11.5 Å². The lowest BCUT2D eigenvalue weighted by Gasteiger charge is -2.17. The molecule has 3 aromatic rings. The van der Waals surface area contributed by atoms with E-state index in [-0.39, 0.29) is 5.70 Å². The van der Waals surface area contributed by atoms with Gasteiger partial charge >= 0.3 is 6.03 Å². The van der Waals surface area contributed by atoms with Gasteiger partial charge in [0.25, 0.3) is 5.91 Å². The summed E-state index contributed by atoms with van der Waals surface area (Å²) in [7, 11) is 0. The molecule has 1 aliphatic rings. The van der Waals surface area contributed by atoms with Crippen LogP contribution in [0.5, 0.6) is 11.5 Å². The molecule has 206 valence electrons. The number of para-hydroxylation sites is 1. The third-order valence-corrected chi connectivity index (χ3v) is 6.29. The van der Waals surface area contributed by atoms with Gasteiger partial charge < -0.3 is 20.1 Å². The molecule has 0 saturated carbocycles. The van der Waals surface area contributed by atoms with Crippen molar-refractivity contribution in [1.82, 2.24) is 10.2 Å². The van der Waals surface area contributed by atoms with Crippen molar-refractivity contribution in [2.24, 2.45) is 0 Å². The zero-order valence-corrected chi connectivity index (χ0v) is 22.7. The van der Waals surface area contributed by atoms with Crippen molar-refractivity contribution in [1.29, 1.82) is 0 Å². The lowest BCUT2D eigenvalue weighted by Crippen LogP contribution is -2.38. The third-order valence-electron chi connectivity index (χ3n) is 6.29. The Kier molecular flexibility index (Phi) is 9.35. The van der Waals surface area contributed by atoms with Gasteiger partial charge in [-0.1, -0.05) is 61.5 Å². The number of rotatable bonds is 12. The van der Waals surface area contributed by atoms with Crippen molar-refractivity contribution in [2.45, 2.75) is 33.3 Å². The molecular weight excluding hydrogens is 506 g/mol. The third kappa shape index (κ3) is 6.77. The number of hydrogen-bond acceptors (Lipinski definition) is 5. The Morgan fingerprint density at radius 1 is 1.00 bits per heavy atom. The molecule has 4 rings (SSSR count). The van der Waals surface area contributed by atoms with Gasteiger partial charge in [-0.15, -0.1) is 6.58 Å². The average Bonchev–Trinajstić information content (AvgIpc) is 3.21. The number of anilines is 1. The SMILES string of the molecule is C=CCc1cc(/C=C2/NC(=O)N(CC(=O)Nc3ccccc3CC)C2=O)cc(OCC)c1OCc1ccccc1. The number of imide groups is 1. The van der Waals surface area contributed by atoms with Gasteiger partial charge in [-0.3, -0.25) is 9.59 Å². The van der Waals surface area contributed by atoms with Crippen molar-refractivity contribution in [2.75, 3.05) is 18.5 Å². The van der Waals surface area contributed by atoms with Crippen LogP contribution in [0.25, 0.3) is 6.08 Å². The Bertz CT molecular complexity index is 1430. The molecule has 40 heavy (non-hydrogen) atoms. The minimum absolute atomic E-state index is 0.0664. The molecule has 1 heterocycles. The van der Waals surface area contributed by atoms with Gasteiger partial charge in [0.05, 0.1) is 6.61 Å². The van der Waals surface area contributed by atoms with Crippen molar-refractivity contribution < 1.29 is 23.9 Å². The lowest BCUT2D eigenvalue weighted by atomic mass is 10.0. The first-order valence-electron chi connectivity index (χ1n) is 13.2. The number of amides is 4. The summed E-state index contributed by atoms with van der Waals surface area (Å²) in [5.74, 6) is 0.0708. The van der Waals surface area contributed by atoms with Gasteiger partial charge in [-0.25, -0.2) is 9.69 Å². The molecular formula is C32H33N3O5. The highest BCUT2D eigenvalue weighted by atomic mass is 16.5. The van der Waals surface area contributed by atoms with Gasteiger partial charge in [-0.2, -0.15) is 0 Å². The number of nitrogens with one attached hydrogen (secondary N) is 2. The van der Waals surface area contributed by atoms with Gasteiger partial charge in [0.15, 0.2) is 11.5 Å². The van der Waals surface area contributed by atoms with Crippen LogP contribution in [0.4, 0.5) is 10.5 Å². The van der Waals surface area contributed by atoms with Crippen LogP contribution in [0.2, 0.25) is 0 Å². The fourth-order valence-corrected chi connectivity index (χ4v) is 4.40. The summed E-state index contributed by atoms with van der Waals surface area (Å²) in [4.78, 5) is 39.3. The monoisotopic (exact) mass is 539 g/mol. The number of carbonyl (C=O) groups is 3. The molecule has 1 saturated heterocycles. The fourth-order valence-electron chi connectivity index (χ4n) is 4.40. The Morgan fingerprint density at radius 2 is 1.75 bits per heavy atom. The van der Waals surface area contributed by atoms with E-state index < -0.39 is 24.4 Å². The van der Waals surface area contributed by atoms with Crippen LogP contribution < -0.4 is 20.1 Å². The number of nitrogens with zero attached hydrogens (tertiary/aromatic N) is 1. The van der Waals surface area contributed by atoms with Gasteiger partial charge in [0.2, 0.25) is 5.91 Å². The smallest absolute Gasteiger partial charge is 0.329 e. The van der Waals surface area contributed by atoms with Crippen LogP contribution in [0, 0.1) is 0 Å². The summed E-state index contributed by atoms with van der Waals surface area (Å²) in [5, 5.41) is 5.38. The second-order valence-corrected chi connectivity index (χ2v) is 9.15. The van der Waals surface area contributed by atoms with E-state index in [1.165, 1.54) is 0 Å². The molecule has 0 spiro atoms. The molecule has 4 amide bonds. The average molecular weight is 540 g/mol. The zero-order chi connectivity index (χ0) is 28.5. The first-order valence-corrected chi connectivity index (χ1v) is 13.2. The maximum absolute atomic E-state index is 13.1. The predicted molar refractivity (Wildman–Crippen MR) is 155 cm³/mol. The highest BCUT2D eigenvalue weighted by Crippen LogP contribution is 2.35. The number of hydrogen-bond donors (Lipinski definition) is 2. The summed E-state index contributed by atoms with van der Waals surface area (Å²) >= 11 is 0. The highest BCUT2D eigenvalue weighted by Gasteiger charge is 2.35. The zero-order valence-electron chi connectivity index (χ0n) is 22.7. The minimum atomic E-state index is -0.658. The summed E-state index contributed by atoms with van der Waals surface area (Å²) < 4.78 is 12.1. The van der Waals surface area contributed by atoms with Crippen molar-refractivity contribution in [3.05, 3.63) is 107 Å². The maximum atomic E-state index is 13.1. The molecule has 0 atom stereocenters. The molecule has 0 aromatic heterocycles. The number of benzene rings is 3. The van der Waals surface area contributed by atoms with Crippen LogP contribution in [0.3, 0.4) is 0 Å². The van der Waals surface area contributed by atoms with E-state index >= 15 is 0 Å². The van der Waals surface area contributed by atoms with Crippen molar-refractivity contribution >= 4 is 29.6 Å². The summed E-state index contributed by atoms with van der Waals surface area (Å²) in [6, 6.07) is 20.2. The number of ether oxygens (including phenoxy) is 2. The number of carbonyl (C=O) groups excluding carboxylic acids is 3. The van der Waals surface area contributed by atoms with Crippen molar-refractivity contribution in [3.63, 3.8) is 0 Å². The molecule has 1 aliphatic heterocycles. The van der Waals surface area contributed by atoms with Gasteiger partial charge in [0, 0.05) is 11.3 Å². The number of urea groups is 1. The Labute approximate surface area is 234 Å². The molecule has 8 nitrogen and oxygen atoms in total. The molecule has 0 radical (unpaired) electrons. The molecule has 3 aromatic carbocycles. The Morgan fingerprint density at radius 3 is 2.48 bits per heavy atom. The first-order chi connectivity index (χ1) is 19.4. The second kappa shape index (κ2) is 13.3. The molecule has 8 heteroatoms. The van der Waals surface area contributed by atoms with Crippen LogP contribution in [0.15, 0.2) is 85.1 Å². The van der Waals surface area contributed by atoms with E-state index in [9.17, 15) is 14.4 Å². The van der Waals surface area contributed by atoms with E-state index in [4.69, 9.17) is 9.47 Å². The predicted octanol–water partition coefficient (Wildman–Crippen LogP) is 5.49. The molecule has 0 aliphatic carbocycles. The van der Waals surface area contributed by atoms with Gasteiger partial charge in [-0.05, 0) is 60.7 Å². The summed E-state index contributed by atoms with van der Waals surface area (Å²) in [5.41, 5.74) is 4.17. The number of allylic oxidation sites excluding steroid dienone is 1. The largest absolute Gasteiger partial charge is 0.490 e. The Balaban J connectivity index is 1.54. The van der Waals surface area contributed by atoms with E-state index in [0.717, 1.165) is 28.0 Å². The quantitative estimate of drug-likeness (QED) is 0.180.